The van der Waals surface area contributed by atoms with E-state index in [4.69, 9.17) is 9.72 Å². The lowest BCUT2D eigenvalue weighted by atomic mass is 10.1. The number of ketones is 1. The van der Waals surface area contributed by atoms with E-state index in [0.717, 1.165) is 22.0 Å². The number of Topliss-reactive ketones (excluding diaryl/α,β-unsaturated/α-hetero) is 1. The van der Waals surface area contributed by atoms with Crippen LogP contribution in [0.25, 0.3) is 27.3 Å². The summed E-state index contributed by atoms with van der Waals surface area (Å²) in [7, 11) is 1.90. The first-order chi connectivity index (χ1) is 16.8. The molecule has 0 radical (unpaired) electrons. The zero-order chi connectivity index (χ0) is 24.7. The quantitative estimate of drug-likeness (QED) is 0.236. The number of hydrogen-bond acceptors (Lipinski definition) is 6. The molecule has 0 aliphatic carbocycles. The van der Waals surface area contributed by atoms with Crippen LogP contribution in [0, 0.1) is 20.8 Å². The van der Waals surface area contributed by atoms with Crippen molar-refractivity contribution in [2.24, 2.45) is 7.05 Å². The lowest BCUT2D eigenvalue weighted by molar-refractivity contribution is 0.0476. The minimum Gasteiger partial charge on any atom is -0.454 e. The molecule has 7 nitrogen and oxygen atoms in total. The number of benzene rings is 1. The Labute approximate surface area is 206 Å². The van der Waals surface area contributed by atoms with E-state index in [1.54, 1.807) is 10.7 Å². The second-order valence-electron chi connectivity index (χ2n) is 8.41. The molecule has 4 heterocycles. The van der Waals surface area contributed by atoms with Crippen LogP contribution in [-0.2, 0) is 11.8 Å². The monoisotopic (exact) mass is 484 g/mol. The first-order valence-electron chi connectivity index (χ1n) is 11.2. The Hall–Kier alpha value is -4.04. The van der Waals surface area contributed by atoms with Gasteiger partial charge in [-0.25, -0.2) is 14.5 Å². The van der Waals surface area contributed by atoms with E-state index in [2.05, 4.69) is 5.10 Å². The SMILES string of the molecule is Cc1nn(-c2ccccc2)c2nc(-c3cccs3)cc(C(=O)OCC(=O)c3cc(C)n(C)c3C)c12. The second-order valence-corrected chi connectivity index (χ2v) is 9.35. The number of ether oxygens (including phenoxy) is 1. The zero-order valence-electron chi connectivity index (χ0n) is 19.9. The molecule has 0 amide bonds. The lowest BCUT2D eigenvalue weighted by Gasteiger charge is -2.09. The maximum absolute atomic E-state index is 13.3. The topological polar surface area (TPSA) is 79.0 Å². The van der Waals surface area contributed by atoms with Crippen molar-refractivity contribution in [2.75, 3.05) is 6.61 Å². The maximum atomic E-state index is 13.3. The van der Waals surface area contributed by atoms with Crippen LogP contribution < -0.4 is 0 Å². The number of carbonyl (C=O) groups excluding carboxylic acids is 2. The highest BCUT2D eigenvalue weighted by molar-refractivity contribution is 7.13. The van der Waals surface area contributed by atoms with Crippen LogP contribution in [0.1, 0.15) is 37.8 Å². The summed E-state index contributed by atoms with van der Waals surface area (Å²) in [5.74, 6) is -0.815. The number of aryl methyl sites for hydroxylation is 2. The van der Waals surface area contributed by atoms with Crippen LogP contribution in [-0.4, -0.2) is 37.7 Å². The Morgan fingerprint density at radius 2 is 1.77 bits per heavy atom. The molecule has 1 aromatic carbocycles. The number of para-hydroxylation sites is 1. The van der Waals surface area contributed by atoms with Crippen molar-refractivity contribution in [1.29, 1.82) is 0 Å². The zero-order valence-corrected chi connectivity index (χ0v) is 20.7. The first-order valence-corrected chi connectivity index (χ1v) is 12.1. The third kappa shape index (κ3) is 4.06. The van der Waals surface area contributed by atoms with E-state index in [1.165, 1.54) is 11.3 Å². The molecule has 0 aliphatic rings. The number of hydrogen-bond donors (Lipinski definition) is 0. The number of rotatable bonds is 6. The van der Waals surface area contributed by atoms with Crippen molar-refractivity contribution in [2.45, 2.75) is 20.8 Å². The highest BCUT2D eigenvalue weighted by Gasteiger charge is 2.23. The minimum atomic E-state index is -0.579. The molecule has 0 N–H and O–H groups in total. The number of thiophene rings is 1. The van der Waals surface area contributed by atoms with Gasteiger partial charge in [0.25, 0.3) is 0 Å². The van der Waals surface area contributed by atoms with Gasteiger partial charge in [-0.15, -0.1) is 11.3 Å². The summed E-state index contributed by atoms with van der Waals surface area (Å²) in [5, 5.41) is 7.24. The Kier molecular flexibility index (Phi) is 5.82. The fourth-order valence-corrected chi connectivity index (χ4v) is 4.86. The molecule has 8 heteroatoms. The minimum absolute atomic E-state index is 0.236. The molecular formula is C27H24N4O3S. The van der Waals surface area contributed by atoms with Gasteiger partial charge in [-0.2, -0.15) is 5.10 Å². The fourth-order valence-electron chi connectivity index (χ4n) is 4.17. The van der Waals surface area contributed by atoms with Gasteiger partial charge in [0.1, 0.15) is 0 Å². The number of fused-ring (bicyclic) bond motifs is 1. The largest absolute Gasteiger partial charge is 0.454 e. The highest BCUT2D eigenvalue weighted by Crippen LogP contribution is 2.31. The van der Waals surface area contributed by atoms with Crippen LogP contribution in [0.3, 0.4) is 0 Å². The standard InChI is InChI=1S/C27H24N4O3S/c1-16-13-20(18(3)30(16)4)23(32)15-34-27(33)21-14-22(24-11-8-12-35-24)28-26-25(21)17(2)29-31(26)19-9-6-5-7-10-19/h5-14H,15H2,1-4H3. The summed E-state index contributed by atoms with van der Waals surface area (Å²) in [6.45, 7) is 5.31. The van der Waals surface area contributed by atoms with Crippen molar-refractivity contribution in [3.8, 4) is 16.3 Å². The van der Waals surface area contributed by atoms with Crippen molar-refractivity contribution < 1.29 is 14.3 Å². The molecular weight excluding hydrogens is 460 g/mol. The molecule has 0 unspecified atom stereocenters. The smallest absolute Gasteiger partial charge is 0.339 e. The van der Waals surface area contributed by atoms with Gasteiger partial charge in [0, 0.05) is 24.0 Å². The van der Waals surface area contributed by atoms with Crippen LogP contribution in [0.15, 0.2) is 60.0 Å². The van der Waals surface area contributed by atoms with Crippen LogP contribution in [0.2, 0.25) is 0 Å². The number of carbonyl (C=O) groups is 2. The van der Waals surface area contributed by atoms with Crippen LogP contribution in [0.4, 0.5) is 0 Å². The predicted octanol–water partition coefficient (Wildman–Crippen LogP) is 5.45. The third-order valence-electron chi connectivity index (χ3n) is 6.22. The van der Waals surface area contributed by atoms with Crippen molar-refractivity contribution in [3.05, 3.63) is 88.2 Å². The molecule has 0 atom stereocenters. The third-order valence-corrected chi connectivity index (χ3v) is 7.11. The average molecular weight is 485 g/mol. The van der Waals surface area contributed by atoms with Crippen molar-refractivity contribution >= 4 is 34.1 Å². The molecule has 0 fully saturated rings. The van der Waals surface area contributed by atoms with Gasteiger partial charge in [-0.1, -0.05) is 24.3 Å². The van der Waals surface area contributed by atoms with E-state index in [9.17, 15) is 9.59 Å². The van der Waals surface area contributed by atoms with Crippen LogP contribution >= 0.6 is 11.3 Å². The number of pyridine rings is 1. The van der Waals surface area contributed by atoms with Gasteiger partial charge in [0.2, 0.25) is 5.78 Å². The summed E-state index contributed by atoms with van der Waals surface area (Å²) < 4.78 is 9.22. The van der Waals surface area contributed by atoms with Crippen LogP contribution in [0.5, 0.6) is 0 Å². The number of esters is 1. The summed E-state index contributed by atoms with van der Waals surface area (Å²) in [6, 6.07) is 17.1. The van der Waals surface area contributed by atoms with Gasteiger partial charge < -0.3 is 9.30 Å². The summed E-state index contributed by atoms with van der Waals surface area (Å²) in [5.41, 5.74) is 5.42. The van der Waals surface area contributed by atoms with E-state index >= 15 is 0 Å². The molecule has 176 valence electrons. The number of aromatic nitrogens is 4. The lowest BCUT2D eigenvalue weighted by Crippen LogP contribution is -2.15. The van der Waals surface area contributed by atoms with Crippen molar-refractivity contribution in [1.82, 2.24) is 19.3 Å². The van der Waals surface area contributed by atoms with E-state index in [0.29, 0.717) is 33.5 Å². The van der Waals surface area contributed by atoms with Gasteiger partial charge in [0.05, 0.1) is 32.9 Å². The van der Waals surface area contributed by atoms with Gasteiger partial charge >= 0.3 is 5.97 Å². The molecule has 4 aromatic heterocycles. The molecule has 0 spiro atoms. The summed E-state index contributed by atoms with van der Waals surface area (Å²) >= 11 is 1.53. The molecule has 0 aliphatic heterocycles. The molecule has 5 rings (SSSR count). The first kappa shape index (κ1) is 22.7. The summed E-state index contributed by atoms with van der Waals surface area (Å²) in [6.07, 6.45) is 0. The van der Waals surface area contributed by atoms with E-state index in [1.807, 2.05) is 86.3 Å². The molecule has 0 saturated heterocycles. The molecule has 0 saturated carbocycles. The Bertz CT molecular complexity index is 1560. The van der Waals surface area contributed by atoms with Crippen molar-refractivity contribution in [3.63, 3.8) is 0 Å². The normalized spacial score (nSPS) is 11.2. The number of nitrogens with zero attached hydrogens (tertiary/aromatic N) is 4. The second kappa shape index (κ2) is 8.96. The Morgan fingerprint density at radius 3 is 2.43 bits per heavy atom. The highest BCUT2D eigenvalue weighted by atomic mass is 32.1. The maximum Gasteiger partial charge on any atom is 0.339 e. The van der Waals surface area contributed by atoms with Gasteiger partial charge in [-0.3, -0.25) is 4.79 Å². The summed E-state index contributed by atoms with van der Waals surface area (Å²) in [4.78, 5) is 31.9. The van der Waals surface area contributed by atoms with E-state index in [-0.39, 0.29) is 12.4 Å². The Balaban J connectivity index is 1.55. The average Bonchev–Trinajstić information content (AvgIpc) is 3.58. The molecule has 5 aromatic rings. The fraction of sp³-hybridized carbons (Fsp3) is 0.185. The molecule has 35 heavy (non-hydrogen) atoms. The predicted molar refractivity (Wildman–Crippen MR) is 136 cm³/mol. The van der Waals surface area contributed by atoms with Gasteiger partial charge in [0.15, 0.2) is 12.3 Å². The van der Waals surface area contributed by atoms with E-state index < -0.39 is 5.97 Å². The Morgan fingerprint density at radius 1 is 1.00 bits per heavy atom. The molecule has 0 bridgehead atoms. The van der Waals surface area contributed by atoms with Gasteiger partial charge in [-0.05, 0) is 56.5 Å².